The number of para-hydroxylation sites is 1. The van der Waals surface area contributed by atoms with Crippen molar-refractivity contribution in [1.82, 2.24) is 10.1 Å². The third kappa shape index (κ3) is 2.90. The molecule has 7 heteroatoms. The fourth-order valence-electron chi connectivity index (χ4n) is 1.86. The number of nitrogens with zero attached hydrogens (tertiary/aromatic N) is 2. The van der Waals surface area contributed by atoms with E-state index in [-0.39, 0.29) is 0 Å². The Morgan fingerprint density at radius 1 is 1.10 bits per heavy atom. The summed E-state index contributed by atoms with van der Waals surface area (Å²) in [6.45, 7) is 0. The van der Waals surface area contributed by atoms with Crippen molar-refractivity contribution in [2.75, 3.05) is 5.73 Å². The van der Waals surface area contributed by atoms with Gasteiger partial charge >= 0.3 is 0 Å². The largest absolute Gasteiger partial charge is 0.397 e. The number of halogens is 3. The molecular formula is C14H8BrCl2N3O. The van der Waals surface area contributed by atoms with Crippen LogP contribution >= 0.6 is 39.1 Å². The van der Waals surface area contributed by atoms with Crippen molar-refractivity contribution in [1.29, 1.82) is 0 Å². The topological polar surface area (TPSA) is 64.9 Å². The third-order valence-corrected chi connectivity index (χ3v) is 3.96. The van der Waals surface area contributed by atoms with Gasteiger partial charge in [-0.25, -0.2) is 0 Å². The zero-order chi connectivity index (χ0) is 15.0. The smallest absolute Gasteiger partial charge is 0.260 e. The number of hydrogen-bond donors (Lipinski definition) is 1. The molecule has 1 heterocycles. The highest BCUT2D eigenvalue weighted by Crippen LogP contribution is 2.32. The molecule has 21 heavy (non-hydrogen) atoms. The van der Waals surface area contributed by atoms with Gasteiger partial charge in [-0.1, -0.05) is 34.4 Å². The highest BCUT2D eigenvalue weighted by molar-refractivity contribution is 9.10. The van der Waals surface area contributed by atoms with Gasteiger partial charge in [0.15, 0.2) is 0 Å². The van der Waals surface area contributed by atoms with Crippen molar-refractivity contribution in [3.05, 3.63) is 50.9 Å². The molecule has 4 nitrogen and oxygen atoms in total. The average molecular weight is 385 g/mol. The number of anilines is 1. The summed E-state index contributed by atoms with van der Waals surface area (Å²) in [5, 5.41) is 4.95. The Labute approximate surface area is 139 Å². The summed E-state index contributed by atoms with van der Waals surface area (Å²) >= 11 is 15.3. The number of rotatable bonds is 2. The number of hydrogen-bond acceptors (Lipinski definition) is 4. The highest BCUT2D eigenvalue weighted by atomic mass is 79.9. The molecule has 0 aliphatic heterocycles. The van der Waals surface area contributed by atoms with Crippen molar-refractivity contribution < 1.29 is 4.52 Å². The van der Waals surface area contributed by atoms with Crippen LogP contribution in [0.2, 0.25) is 10.0 Å². The van der Waals surface area contributed by atoms with Crippen LogP contribution in [0.3, 0.4) is 0 Å². The van der Waals surface area contributed by atoms with E-state index in [2.05, 4.69) is 26.1 Å². The van der Waals surface area contributed by atoms with Gasteiger partial charge in [0.1, 0.15) is 0 Å². The SMILES string of the molecule is Nc1c(Br)cccc1-c1nc(-c2cc(Cl)cc(Cl)c2)no1. The maximum absolute atomic E-state index is 5.99. The quantitative estimate of drug-likeness (QED) is 0.627. The van der Waals surface area contributed by atoms with Crippen LogP contribution in [0.4, 0.5) is 5.69 Å². The van der Waals surface area contributed by atoms with E-state index >= 15 is 0 Å². The Morgan fingerprint density at radius 3 is 2.52 bits per heavy atom. The lowest BCUT2D eigenvalue weighted by atomic mass is 10.2. The van der Waals surface area contributed by atoms with Crippen LogP contribution in [0.15, 0.2) is 45.4 Å². The molecule has 3 aromatic rings. The van der Waals surface area contributed by atoms with Gasteiger partial charge in [-0.05, 0) is 46.3 Å². The summed E-state index contributed by atoms with van der Waals surface area (Å²) in [4.78, 5) is 4.34. The van der Waals surface area contributed by atoms with E-state index in [1.807, 2.05) is 18.2 Å². The van der Waals surface area contributed by atoms with Gasteiger partial charge in [0, 0.05) is 20.1 Å². The van der Waals surface area contributed by atoms with E-state index in [1.165, 1.54) is 0 Å². The molecule has 2 N–H and O–H groups in total. The molecule has 1 aromatic heterocycles. The lowest BCUT2D eigenvalue weighted by Gasteiger charge is -2.01. The number of benzene rings is 2. The van der Waals surface area contributed by atoms with Crippen LogP contribution in [-0.2, 0) is 0 Å². The molecule has 0 saturated carbocycles. The predicted octanol–water partition coefficient (Wildman–Crippen LogP) is 5.06. The first-order valence-electron chi connectivity index (χ1n) is 5.89. The molecule has 3 rings (SSSR count). The van der Waals surface area contributed by atoms with Gasteiger partial charge in [-0.3, -0.25) is 0 Å². The molecule has 0 aliphatic carbocycles. The Morgan fingerprint density at radius 2 is 1.81 bits per heavy atom. The first-order chi connectivity index (χ1) is 10.0. The second-order valence-electron chi connectivity index (χ2n) is 4.28. The molecule has 0 radical (unpaired) electrons. The summed E-state index contributed by atoms with van der Waals surface area (Å²) in [6, 6.07) is 10.6. The van der Waals surface area contributed by atoms with E-state index < -0.39 is 0 Å². The molecule has 2 aromatic carbocycles. The van der Waals surface area contributed by atoms with Crippen LogP contribution in [-0.4, -0.2) is 10.1 Å². The van der Waals surface area contributed by atoms with Crippen LogP contribution in [0.1, 0.15) is 0 Å². The van der Waals surface area contributed by atoms with Gasteiger partial charge in [-0.2, -0.15) is 4.98 Å². The molecular weight excluding hydrogens is 377 g/mol. The van der Waals surface area contributed by atoms with Crippen molar-refractivity contribution in [2.24, 2.45) is 0 Å². The fourth-order valence-corrected chi connectivity index (χ4v) is 2.75. The monoisotopic (exact) mass is 383 g/mol. The summed E-state index contributed by atoms with van der Waals surface area (Å²) in [6.07, 6.45) is 0. The molecule has 0 atom stereocenters. The van der Waals surface area contributed by atoms with Crippen molar-refractivity contribution in [3.8, 4) is 22.8 Å². The zero-order valence-corrected chi connectivity index (χ0v) is 13.6. The molecule has 0 aliphatic rings. The summed E-state index contributed by atoms with van der Waals surface area (Å²) in [7, 11) is 0. The molecule has 0 fully saturated rings. The van der Waals surface area contributed by atoms with Gasteiger partial charge in [0.2, 0.25) is 5.82 Å². The first-order valence-corrected chi connectivity index (χ1v) is 7.44. The van der Waals surface area contributed by atoms with Crippen LogP contribution in [0.5, 0.6) is 0 Å². The minimum Gasteiger partial charge on any atom is -0.397 e. The molecule has 0 unspecified atom stereocenters. The van der Waals surface area contributed by atoms with E-state index in [4.69, 9.17) is 33.5 Å². The lowest BCUT2D eigenvalue weighted by molar-refractivity contribution is 0.432. The Kier molecular flexibility index (Phi) is 3.89. The maximum atomic E-state index is 5.99. The first kappa shape index (κ1) is 14.4. The normalized spacial score (nSPS) is 10.8. The van der Waals surface area contributed by atoms with Gasteiger partial charge in [0.25, 0.3) is 5.89 Å². The maximum Gasteiger partial charge on any atom is 0.260 e. The average Bonchev–Trinajstić information content (AvgIpc) is 2.90. The van der Waals surface area contributed by atoms with Crippen molar-refractivity contribution >= 4 is 44.8 Å². The molecule has 0 saturated heterocycles. The summed E-state index contributed by atoms with van der Waals surface area (Å²) in [5.41, 5.74) is 7.87. The molecule has 0 bridgehead atoms. The van der Waals surface area contributed by atoms with Gasteiger partial charge in [-0.15, -0.1) is 0 Å². The van der Waals surface area contributed by atoms with E-state index in [9.17, 15) is 0 Å². The molecule has 0 spiro atoms. The fraction of sp³-hybridized carbons (Fsp3) is 0. The van der Waals surface area contributed by atoms with Crippen molar-refractivity contribution in [2.45, 2.75) is 0 Å². The van der Waals surface area contributed by atoms with Gasteiger partial charge < -0.3 is 10.3 Å². The zero-order valence-electron chi connectivity index (χ0n) is 10.5. The third-order valence-electron chi connectivity index (χ3n) is 2.83. The number of nitrogens with two attached hydrogens (primary N) is 1. The van der Waals surface area contributed by atoms with Crippen LogP contribution in [0, 0.1) is 0 Å². The Hall–Kier alpha value is -1.56. The second kappa shape index (κ2) is 5.67. The van der Waals surface area contributed by atoms with Gasteiger partial charge in [0.05, 0.1) is 11.3 Å². The second-order valence-corrected chi connectivity index (χ2v) is 6.01. The Balaban J connectivity index is 2.06. The van der Waals surface area contributed by atoms with E-state index in [1.54, 1.807) is 18.2 Å². The minimum atomic E-state index is 0.333. The van der Waals surface area contributed by atoms with Crippen molar-refractivity contribution in [3.63, 3.8) is 0 Å². The highest BCUT2D eigenvalue weighted by Gasteiger charge is 2.15. The summed E-state index contributed by atoms with van der Waals surface area (Å²) < 4.78 is 6.04. The molecule has 0 amide bonds. The lowest BCUT2D eigenvalue weighted by Crippen LogP contribution is -1.91. The van der Waals surface area contributed by atoms with E-state index in [0.717, 1.165) is 4.47 Å². The van der Waals surface area contributed by atoms with Crippen LogP contribution < -0.4 is 5.73 Å². The van der Waals surface area contributed by atoms with E-state index in [0.29, 0.717) is 38.6 Å². The Bertz CT molecular complexity index is 799. The standard InChI is InChI=1S/C14H8BrCl2N3O/c15-11-3-1-2-10(12(11)18)14-19-13(20-21-14)7-4-8(16)6-9(17)5-7/h1-6H,18H2. The molecule has 106 valence electrons. The minimum absolute atomic E-state index is 0.333. The van der Waals surface area contributed by atoms with Crippen LogP contribution in [0.25, 0.3) is 22.8 Å². The summed E-state index contributed by atoms with van der Waals surface area (Å²) in [5.74, 6) is 0.730. The number of nitrogen functional groups attached to an aromatic ring is 1. The predicted molar refractivity (Wildman–Crippen MR) is 87.3 cm³/mol. The number of aromatic nitrogens is 2.